The van der Waals surface area contributed by atoms with Crippen LogP contribution in [0.5, 0.6) is 5.75 Å². The molecule has 0 spiro atoms. The van der Waals surface area contributed by atoms with Crippen molar-refractivity contribution in [2.45, 2.75) is 37.8 Å². The lowest BCUT2D eigenvalue weighted by atomic mass is 10.0. The molecule has 2 atom stereocenters. The number of amides is 3. The molecule has 2 fully saturated rings. The van der Waals surface area contributed by atoms with Crippen LogP contribution in [0.15, 0.2) is 24.3 Å². The molecule has 2 heterocycles. The fourth-order valence-electron chi connectivity index (χ4n) is 8.58. The highest BCUT2D eigenvalue weighted by Crippen LogP contribution is 2.13. The lowest BCUT2D eigenvalue weighted by Gasteiger charge is -2.33. The number of nitrogens with one attached hydrogen (secondary N) is 3. The summed E-state index contributed by atoms with van der Waals surface area (Å²) in [5.74, 6) is -9.96. The molecule has 0 aliphatic carbocycles. The molecular weight excluding hydrogens is 1010 g/mol. The smallest absolute Gasteiger partial charge is 0.326 e. The van der Waals surface area contributed by atoms with Gasteiger partial charge in [0.15, 0.2) is 0 Å². The zero-order chi connectivity index (χ0) is 56.2. The summed E-state index contributed by atoms with van der Waals surface area (Å²) in [6.45, 7) is 0.439. The van der Waals surface area contributed by atoms with E-state index >= 15 is 0 Å². The number of carbonyl (C=O) groups is 10. The van der Waals surface area contributed by atoms with E-state index in [1.807, 2.05) is 0 Å². The summed E-state index contributed by atoms with van der Waals surface area (Å²) in [6.07, 6.45) is 0.301. The minimum Gasteiger partial charge on any atom is -0.508 e. The van der Waals surface area contributed by atoms with Crippen LogP contribution < -0.4 is 16.0 Å². The zero-order valence-electron chi connectivity index (χ0n) is 42.7. The van der Waals surface area contributed by atoms with Crippen molar-refractivity contribution in [3.8, 4) is 5.75 Å². The van der Waals surface area contributed by atoms with Gasteiger partial charge < -0.3 is 56.8 Å². The van der Waals surface area contributed by atoms with Gasteiger partial charge in [-0.25, -0.2) is 4.79 Å². The largest absolute Gasteiger partial charge is 0.508 e. The SMILES string of the molecule is O=C(O)CN1CCN(CC(=O)O)CCN(CC(=O)NCCCCC(NC(=O)C(Cc2ccc(O)cc2)NC(=O)CN2CCN(CC(=O)O)CCN(CC(=O)O)CCN(CC(=O)O)CC2)C(=O)O)CCN(CC(=O)O)CC1. The first-order chi connectivity index (χ1) is 36.0. The Labute approximate surface area is 439 Å². The summed E-state index contributed by atoms with van der Waals surface area (Å²) < 4.78 is 0. The monoisotopic (exact) mass is 1080 g/mol. The number of carboxylic acids is 7. The molecule has 0 saturated carbocycles. The van der Waals surface area contributed by atoms with Gasteiger partial charge >= 0.3 is 41.8 Å². The second kappa shape index (κ2) is 34.1. The van der Waals surface area contributed by atoms with Gasteiger partial charge in [0.1, 0.15) is 17.8 Å². The Hall–Kier alpha value is -6.60. The summed E-state index contributed by atoms with van der Waals surface area (Å²) >= 11 is 0. The maximum Gasteiger partial charge on any atom is 0.326 e. The molecule has 0 bridgehead atoms. The number of rotatable bonds is 27. The first kappa shape index (κ1) is 63.7. The van der Waals surface area contributed by atoms with Gasteiger partial charge in [-0.3, -0.25) is 82.4 Å². The van der Waals surface area contributed by atoms with E-state index in [0.717, 1.165) is 0 Å². The van der Waals surface area contributed by atoms with E-state index in [1.165, 1.54) is 24.3 Å². The van der Waals surface area contributed by atoms with Crippen LogP contribution >= 0.6 is 0 Å². The first-order valence-electron chi connectivity index (χ1n) is 25.0. The molecule has 29 heteroatoms. The van der Waals surface area contributed by atoms with Crippen LogP contribution in [0.1, 0.15) is 24.8 Å². The number of carboxylic acid groups (broad SMARTS) is 7. The first-order valence-corrected chi connectivity index (χ1v) is 25.0. The van der Waals surface area contributed by atoms with E-state index in [4.69, 9.17) is 0 Å². The van der Waals surface area contributed by atoms with Crippen LogP contribution in [-0.2, 0) is 54.4 Å². The Morgan fingerprint density at radius 2 is 0.697 bits per heavy atom. The Morgan fingerprint density at radius 3 is 1.00 bits per heavy atom. The number of benzene rings is 1. The van der Waals surface area contributed by atoms with E-state index in [0.29, 0.717) is 5.56 Å². The molecule has 2 unspecified atom stereocenters. The molecule has 11 N–H and O–H groups in total. The Bertz CT molecular complexity index is 2020. The van der Waals surface area contributed by atoms with Crippen molar-refractivity contribution in [1.82, 2.24) is 55.1 Å². The second-order valence-electron chi connectivity index (χ2n) is 18.8. The highest BCUT2D eigenvalue weighted by Gasteiger charge is 2.29. The number of phenols is 1. The van der Waals surface area contributed by atoms with Gasteiger partial charge in [0.2, 0.25) is 17.7 Å². The van der Waals surface area contributed by atoms with Crippen LogP contribution in [0.4, 0.5) is 0 Å². The summed E-state index contributed by atoms with van der Waals surface area (Å²) in [4.78, 5) is 136. The third-order valence-electron chi connectivity index (χ3n) is 12.6. The van der Waals surface area contributed by atoms with E-state index in [9.17, 15) is 88.8 Å². The Balaban J connectivity index is 1.66. The molecule has 1 aromatic carbocycles. The number of hydrogen-bond donors (Lipinski definition) is 11. The molecule has 0 aromatic heterocycles. The summed E-state index contributed by atoms with van der Waals surface area (Å²) in [7, 11) is 0. The molecule has 0 radical (unpaired) electrons. The average molecular weight is 1080 g/mol. The van der Waals surface area contributed by atoms with Gasteiger partial charge in [-0.05, 0) is 37.0 Å². The van der Waals surface area contributed by atoms with Crippen LogP contribution in [0.2, 0.25) is 0 Å². The fraction of sp³-hybridized carbons (Fsp3) is 0.660. The number of nitrogens with zero attached hydrogens (tertiary/aromatic N) is 8. The maximum atomic E-state index is 13.9. The lowest BCUT2D eigenvalue weighted by Crippen LogP contribution is -2.54. The predicted octanol–water partition coefficient (Wildman–Crippen LogP) is -4.77. The Morgan fingerprint density at radius 1 is 0.395 bits per heavy atom. The molecular formula is C47H75N11O18. The van der Waals surface area contributed by atoms with E-state index in [2.05, 4.69) is 16.0 Å². The van der Waals surface area contributed by atoms with E-state index < -0.39 is 71.6 Å². The number of unbranched alkanes of at least 4 members (excludes halogenated alkanes) is 1. The van der Waals surface area contributed by atoms with Crippen molar-refractivity contribution >= 4 is 59.5 Å². The van der Waals surface area contributed by atoms with Crippen molar-refractivity contribution in [2.24, 2.45) is 0 Å². The van der Waals surface area contributed by atoms with Gasteiger partial charge in [-0.1, -0.05) is 12.1 Å². The van der Waals surface area contributed by atoms with Crippen LogP contribution in [0, 0.1) is 0 Å². The van der Waals surface area contributed by atoms with Crippen LogP contribution in [0.25, 0.3) is 0 Å². The molecule has 426 valence electrons. The summed E-state index contributed by atoms with van der Waals surface area (Å²) in [5, 5.41) is 85.1. The fourth-order valence-corrected chi connectivity index (χ4v) is 8.58. The number of carbonyl (C=O) groups excluding carboxylic acids is 3. The zero-order valence-corrected chi connectivity index (χ0v) is 42.7. The molecule has 76 heavy (non-hydrogen) atoms. The highest BCUT2D eigenvalue weighted by molar-refractivity contribution is 5.91. The summed E-state index contributed by atoms with van der Waals surface area (Å²) in [5.41, 5.74) is 0.505. The van der Waals surface area contributed by atoms with Crippen molar-refractivity contribution in [2.75, 3.05) is 164 Å². The number of hydrogen-bond acceptors (Lipinski definition) is 19. The minimum atomic E-state index is -1.43. The molecule has 2 saturated heterocycles. The third kappa shape index (κ3) is 27.8. The Kier molecular flexibility index (Phi) is 28.6. The van der Waals surface area contributed by atoms with Gasteiger partial charge in [0, 0.05) is 118 Å². The van der Waals surface area contributed by atoms with Crippen molar-refractivity contribution in [3.05, 3.63) is 29.8 Å². The van der Waals surface area contributed by atoms with Crippen molar-refractivity contribution < 1.29 is 88.8 Å². The quantitative estimate of drug-likeness (QED) is 0.0368. The minimum absolute atomic E-state index is 0.0639. The van der Waals surface area contributed by atoms with Crippen molar-refractivity contribution in [1.29, 1.82) is 0 Å². The molecule has 2 aliphatic heterocycles. The molecule has 2 aliphatic rings. The third-order valence-corrected chi connectivity index (χ3v) is 12.6. The molecule has 29 nitrogen and oxygen atoms in total. The van der Waals surface area contributed by atoms with Gasteiger partial charge in [-0.2, -0.15) is 0 Å². The summed E-state index contributed by atoms with van der Waals surface area (Å²) in [6, 6.07) is 3.03. The van der Waals surface area contributed by atoms with Gasteiger partial charge in [0.05, 0.1) is 52.4 Å². The number of aromatic hydroxyl groups is 1. The average Bonchev–Trinajstić information content (AvgIpc) is 3.32. The van der Waals surface area contributed by atoms with Crippen LogP contribution in [-0.4, -0.2) is 315 Å². The van der Waals surface area contributed by atoms with Gasteiger partial charge in [-0.15, -0.1) is 0 Å². The molecule has 1 aromatic rings. The normalized spacial score (nSPS) is 18.3. The maximum absolute atomic E-state index is 13.9. The predicted molar refractivity (Wildman–Crippen MR) is 268 cm³/mol. The highest BCUT2D eigenvalue weighted by atomic mass is 16.4. The van der Waals surface area contributed by atoms with Crippen LogP contribution in [0.3, 0.4) is 0 Å². The van der Waals surface area contributed by atoms with Crippen molar-refractivity contribution in [3.63, 3.8) is 0 Å². The lowest BCUT2D eigenvalue weighted by molar-refractivity contribution is -0.142. The van der Waals surface area contributed by atoms with E-state index in [-0.39, 0.29) is 195 Å². The van der Waals surface area contributed by atoms with Gasteiger partial charge in [0.25, 0.3) is 0 Å². The second-order valence-corrected chi connectivity index (χ2v) is 18.8. The number of phenolic OH excluding ortho intramolecular Hbond substituents is 1. The number of aliphatic carboxylic acids is 7. The topological polar surface area (TPSA) is 395 Å². The molecule has 3 amide bonds. The standard InChI is InChI=1S/C47H75N11O18/c59-35-6-4-34(5-7-35)25-37(49-39(61)27-52-11-15-55(30-42(66)67)19-23-58(33-45(72)73)24-20-56(16-12-52)31-43(68)69)46(74)50-36(47(75)76)3-1-2-8-48-38(60)26-51-9-13-53(28-40(62)63)17-21-57(32-44(70)71)22-18-54(14-10-51)29-41(64)65/h4-7,36-37,59H,1-3,8-33H2,(H,48,60)(H,49,61)(H,50,74)(H,62,63)(H,64,65)(H,66,67)(H,68,69)(H,70,71)(H,72,73)(H,75,76). The van der Waals surface area contributed by atoms with E-state index in [1.54, 1.807) is 39.2 Å². The molecule has 3 rings (SSSR count).